The number of carboxylic acid groups (broad SMARTS) is 1. The smallest absolute Gasteiger partial charge is 0.339 e. The zero-order valence-corrected chi connectivity index (χ0v) is 15.9. The van der Waals surface area contributed by atoms with Crippen molar-refractivity contribution >= 4 is 23.3 Å². The molecule has 28 heavy (non-hydrogen) atoms. The van der Waals surface area contributed by atoms with Gasteiger partial charge in [0.25, 0.3) is 0 Å². The Morgan fingerprint density at radius 3 is 2.46 bits per heavy atom. The van der Waals surface area contributed by atoms with Gasteiger partial charge in [-0.25, -0.2) is 19.7 Å². The molecule has 9 nitrogen and oxygen atoms in total. The van der Waals surface area contributed by atoms with Gasteiger partial charge in [0.05, 0.1) is 25.2 Å². The maximum atomic E-state index is 11.7. The molecule has 148 valence electrons. The predicted molar refractivity (Wildman–Crippen MR) is 104 cm³/mol. The standard InChI is InChI=1S/C19H24N6O3/c1-25-12-3-4-13(25)6-11(5-12)23-15-7-16(20-8-14(15)19(26)27)24-17-9-22-18(28-2)10-21-17/h7-13H,3-6H2,1-2H3,(H,26,27)(H2,20,21,23,24). The van der Waals surface area contributed by atoms with Gasteiger partial charge < -0.3 is 25.4 Å². The van der Waals surface area contributed by atoms with Gasteiger partial charge in [0.2, 0.25) is 5.88 Å². The number of fused-ring (bicyclic) bond motifs is 2. The molecular formula is C19H24N6O3. The largest absolute Gasteiger partial charge is 0.480 e. The van der Waals surface area contributed by atoms with Crippen LogP contribution in [-0.2, 0) is 0 Å². The number of hydrogen-bond donors (Lipinski definition) is 3. The summed E-state index contributed by atoms with van der Waals surface area (Å²) in [6.45, 7) is 0. The Labute approximate surface area is 163 Å². The lowest BCUT2D eigenvalue weighted by Gasteiger charge is -2.37. The first kappa shape index (κ1) is 18.4. The third-order valence-electron chi connectivity index (χ3n) is 5.69. The molecule has 2 aliphatic rings. The molecular weight excluding hydrogens is 360 g/mol. The second-order valence-corrected chi connectivity index (χ2v) is 7.35. The number of hydrogen-bond acceptors (Lipinski definition) is 8. The molecule has 0 spiro atoms. The van der Waals surface area contributed by atoms with Crippen molar-refractivity contribution in [2.45, 2.75) is 43.8 Å². The number of ether oxygens (including phenoxy) is 1. The molecule has 4 rings (SSSR count). The van der Waals surface area contributed by atoms with E-state index in [9.17, 15) is 9.90 Å². The minimum absolute atomic E-state index is 0.164. The lowest BCUT2D eigenvalue weighted by atomic mass is 9.97. The first-order chi connectivity index (χ1) is 13.5. The average molecular weight is 384 g/mol. The van der Waals surface area contributed by atoms with Gasteiger partial charge in [0.1, 0.15) is 17.2 Å². The Morgan fingerprint density at radius 1 is 1.14 bits per heavy atom. The lowest BCUT2D eigenvalue weighted by molar-refractivity contribution is 0.0697. The summed E-state index contributed by atoms with van der Waals surface area (Å²) in [5.74, 6) is 0.420. The highest BCUT2D eigenvalue weighted by Gasteiger charge is 2.38. The Bertz CT molecular complexity index is 845. The van der Waals surface area contributed by atoms with Crippen molar-refractivity contribution in [1.29, 1.82) is 0 Å². The quantitative estimate of drug-likeness (QED) is 0.691. The molecule has 2 fully saturated rings. The number of aromatic nitrogens is 3. The first-order valence-corrected chi connectivity index (χ1v) is 9.38. The number of nitrogens with zero attached hydrogens (tertiary/aromatic N) is 4. The van der Waals surface area contributed by atoms with Crippen molar-refractivity contribution < 1.29 is 14.6 Å². The Hall–Kier alpha value is -2.94. The summed E-state index contributed by atoms with van der Waals surface area (Å²) in [6, 6.07) is 3.11. The van der Waals surface area contributed by atoms with E-state index in [2.05, 4.69) is 37.5 Å². The topological polar surface area (TPSA) is 113 Å². The van der Waals surface area contributed by atoms with Crippen molar-refractivity contribution in [2.75, 3.05) is 24.8 Å². The highest BCUT2D eigenvalue weighted by atomic mass is 16.5. The Balaban J connectivity index is 1.53. The predicted octanol–water partition coefficient (Wildman–Crippen LogP) is 2.36. The third-order valence-corrected chi connectivity index (χ3v) is 5.69. The van der Waals surface area contributed by atoms with Crippen LogP contribution < -0.4 is 15.4 Å². The van der Waals surface area contributed by atoms with Crippen LogP contribution in [0.15, 0.2) is 24.7 Å². The highest BCUT2D eigenvalue weighted by molar-refractivity contribution is 5.94. The van der Waals surface area contributed by atoms with Crippen LogP contribution in [0.3, 0.4) is 0 Å². The summed E-state index contributed by atoms with van der Waals surface area (Å²) >= 11 is 0. The van der Waals surface area contributed by atoms with Crippen molar-refractivity contribution in [1.82, 2.24) is 19.9 Å². The van der Waals surface area contributed by atoms with E-state index >= 15 is 0 Å². The highest BCUT2D eigenvalue weighted by Crippen LogP contribution is 2.36. The fourth-order valence-electron chi connectivity index (χ4n) is 4.18. The fourth-order valence-corrected chi connectivity index (χ4v) is 4.18. The van der Waals surface area contributed by atoms with E-state index in [-0.39, 0.29) is 11.6 Å². The van der Waals surface area contributed by atoms with Gasteiger partial charge >= 0.3 is 5.97 Å². The fraction of sp³-hybridized carbons (Fsp3) is 0.474. The molecule has 2 aromatic heterocycles. The minimum Gasteiger partial charge on any atom is -0.480 e. The molecule has 0 saturated carbocycles. The van der Waals surface area contributed by atoms with Gasteiger partial charge in [-0.1, -0.05) is 0 Å². The molecule has 2 unspecified atom stereocenters. The number of carbonyl (C=O) groups is 1. The number of methoxy groups -OCH3 is 1. The van der Waals surface area contributed by atoms with Crippen LogP contribution in [0.4, 0.5) is 17.3 Å². The maximum absolute atomic E-state index is 11.7. The van der Waals surface area contributed by atoms with E-state index in [4.69, 9.17) is 4.74 Å². The van der Waals surface area contributed by atoms with Crippen LogP contribution >= 0.6 is 0 Å². The molecule has 4 heterocycles. The monoisotopic (exact) mass is 384 g/mol. The van der Waals surface area contributed by atoms with Crippen LogP contribution in [0.5, 0.6) is 5.88 Å². The third kappa shape index (κ3) is 3.70. The van der Waals surface area contributed by atoms with Crippen LogP contribution in [0.2, 0.25) is 0 Å². The van der Waals surface area contributed by atoms with Gasteiger partial charge in [-0.15, -0.1) is 0 Å². The van der Waals surface area contributed by atoms with E-state index in [1.165, 1.54) is 38.5 Å². The first-order valence-electron chi connectivity index (χ1n) is 9.38. The Kier molecular flexibility index (Phi) is 4.99. The number of carboxylic acids is 1. The van der Waals surface area contributed by atoms with Crippen LogP contribution in [0, 0.1) is 0 Å². The number of anilines is 3. The van der Waals surface area contributed by atoms with Gasteiger partial charge in [-0.2, -0.15) is 0 Å². The average Bonchev–Trinajstić information content (AvgIpc) is 2.89. The van der Waals surface area contributed by atoms with Crippen LogP contribution in [0.1, 0.15) is 36.0 Å². The number of pyridine rings is 1. The minimum atomic E-state index is -0.998. The zero-order chi connectivity index (χ0) is 19.7. The number of piperidine rings is 1. The van der Waals surface area contributed by atoms with E-state index in [0.29, 0.717) is 35.3 Å². The van der Waals surface area contributed by atoms with Gasteiger partial charge in [-0.05, 0) is 32.7 Å². The molecule has 0 amide bonds. The summed E-state index contributed by atoms with van der Waals surface area (Å²) in [5.41, 5.74) is 0.734. The molecule has 2 saturated heterocycles. The number of rotatable bonds is 6. The second kappa shape index (κ2) is 7.59. The molecule has 9 heteroatoms. The molecule has 0 aromatic carbocycles. The number of aromatic carboxylic acids is 1. The molecule has 0 aliphatic carbocycles. The molecule has 2 atom stereocenters. The van der Waals surface area contributed by atoms with Crippen LogP contribution in [-0.4, -0.2) is 63.2 Å². The lowest BCUT2D eigenvalue weighted by Crippen LogP contribution is -2.44. The molecule has 0 radical (unpaired) electrons. The Morgan fingerprint density at radius 2 is 1.86 bits per heavy atom. The second-order valence-electron chi connectivity index (χ2n) is 7.35. The summed E-state index contributed by atoms with van der Waals surface area (Å²) in [4.78, 5) is 26.6. The number of nitrogens with one attached hydrogen (secondary N) is 2. The molecule has 2 aromatic rings. The molecule has 3 N–H and O–H groups in total. The van der Waals surface area contributed by atoms with Gasteiger partial charge in [0, 0.05) is 30.4 Å². The maximum Gasteiger partial charge on any atom is 0.339 e. The molecule has 2 bridgehead atoms. The normalized spacial score (nSPS) is 24.0. The van der Waals surface area contributed by atoms with E-state index in [1.807, 2.05) is 0 Å². The van der Waals surface area contributed by atoms with Crippen molar-refractivity contribution in [3.8, 4) is 5.88 Å². The van der Waals surface area contributed by atoms with Gasteiger partial charge in [0.15, 0.2) is 0 Å². The van der Waals surface area contributed by atoms with E-state index in [1.54, 1.807) is 6.07 Å². The van der Waals surface area contributed by atoms with Crippen molar-refractivity contribution in [3.05, 3.63) is 30.2 Å². The van der Waals surface area contributed by atoms with Crippen molar-refractivity contribution in [2.24, 2.45) is 0 Å². The SMILES string of the molecule is COc1cnc(Nc2cc(NC3CC4CCC(C3)N4C)c(C(=O)O)cn2)cn1. The van der Waals surface area contributed by atoms with E-state index in [0.717, 1.165) is 12.8 Å². The summed E-state index contributed by atoms with van der Waals surface area (Å²) in [6.07, 6.45) is 8.86. The zero-order valence-electron chi connectivity index (χ0n) is 15.9. The van der Waals surface area contributed by atoms with Crippen LogP contribution in [0.25, 0.3) is 0 Å². The summed E-state index contributed by atoms with van der Waals surface area (Å²) in [7, 11) is 3.71. The summed E-state index contributed by atoms with van der Waals surface area (Å²) in [5, 5.41) is 16.1. The van der Waals surface area contributed by atoms with E-state index < -0.39 is 5.97 Å². The summed E-state index contributed by atoms with van der Waals surface area (Å²) < 4.78 is 5.00. The molecule has 2 aliphatic heterocycles. The van der Waals surface area contributed by atoms with Gasteiger partial charge in [-0.3, -0.25) is 0 Å². The van der Waals surface area contributed by atoms with Crippen molar-refractivity contribution in [3.63, 3.8) is 0 Å².